The van der Waals surface area contributed by atoms with Crippen molar-refractivity contribution in [2.75, 3.05) is 19.8 Å². The van der Waals surface area contributed by atoms with Crippen LogP contribution in [0.4, 0.5) is 0 Å². The van der Waals surface area contributed by atoms with Gasteiger partial charge in [-0.3, -0.25) is 9.48 Å². The van der Waals surface area contributed by atoms with Gasteiger partial charge in [-0.25, -0.2) is 0 Å². The number of hydrogen-bond acceptors (Lipinski definition) is 4. The van der Waals surface area contributed by atoms with E-state index in [1.807, 2.05) is 20.8 Å². The van der Waals surface area contributed by atoms with Gasteiger partial charge in [-0.2, -0.15) is 5.10 Å². The van der Waals surface area contributed by atoms with Crippen molar-refractivity contribution < 1.29 is 14.3 Å². The number of ether oxygens (including phenoxy) is 2. The van der Waals surface area contributed by atoms with Crippen LogP contribution in [0.25, 0.3) is 0 Å². The maximum absolute atomic E-state index is 12.7. The van der Waals surface area contributed by atoms with Crippen LogP contribution in [0.5, 0.6) is 0 Å². The van der Waals surface area contributed by atoms with Crippen LogP contribution in [0, 0.1) is 5.41 Å². The minimum atomic E-state index is -0.0596. The number of aryl methyl sites for hydroxylation is 1. The summed E-state index contributed by atoms with van der Waals surface area (Å²) in [5.41, 5.74) is 2.71. The molecular weight excluding hydrogens is 282 g/mol. The summed E-state index contributed by atoms with van der Waals surface area (Å²) in [6, 6.07) is 0. The summed E-state index contributed by atoms with van der Waals surface area (Å²) >= 11 is 0. The minimum absolute atomic E-state index is 0.0370. The first kappa shape index (κ1) is 15.5. The topological polar surface area (TPSA) is 65.4 Å². The molecule has 0 aliphatic carbocycles. The molecule has 0 saturated carbocycles. The Kier molecular flexibility index (Phi) is 3.99. The minimum Gasteiger partial charge on any atom is -0.380 e. The molecule has 2 aliphatic heterocycles. The zero-order valence-electron chi connectivity index (χ0n) is 13.8. The quantitative estimate of drug-likeness (QED) is 0.919. The highest BCUT2D eigenvalue weighted by Crippen LogP contribution is 2.32. The Bertz CT molecular complexity index is 577. The van der Waals surface area contributed by atoms with E-state index in [0.29, 0.717) is 32.0 Å². The monoisotopic (exact) mass is 307 g/mol. The van der Waals surface area contributed by atoms with Crippen LogP contribution in [0.3, 0.4) is 0 Å². The number of aromatic nitrogens is 2. The summed E-state index contributed by atoms with van der Waals surface area (Å²) in [4.78, 5) is 12.7. The fourth-order valence-electron chi connectivity index (χ4n) is 3.21. The van der Waals surface area contributed by atoms with Gasteiger partial charge >= 0.3 is 0 Å². The smallest absolute Gasteiger partial charge is 0.269 e. The van der Waals surface area contributed by atoms with E-state index in [1.54, 1.807) is 4.68 Å². The number of carbonyl (C=O) groups is 1. The highest BCUT2D eigenvalue weighted by molar-refractivity contribution is 5.94. The standard InChI is InChI=1S/C16H25N3O3/c1-5-19-14(15(20)17-7-16(4)8-21-9-16)12-6-10(2)22-11(3)13(12)18-19/h10-11H,5-9H2,1-4H3,(H,17,20)/t10-,11+/m0/s1. The van der Waals surface area contributed by atoms with Gasteiger partial charge in [0.25, 0.3) is 5.91 Å². The molecule has 3 rings (SSSR count). The predicted octanol–water partition coefficient (Wildman–Crippen LogP) is 1.69. The molecule has 1 aromatic rings. The Labute approximate surface area is 131 Å². The third-order valence-corrected chi connectivity index (χ3v) is 4.49. The first-order valence-corrected chi connectivity index (χ1v) is 8.04. The Morgan fingerprint density at radius 1 is 1.45 bits per heavy atom. The molecule has 122 valence electrons. The Morgan fingerprint density at radius 2 is 2.18 bits per heavy atom. The van der Waals surface area contributed by atoms with Gasteiger partial charge in [0.2, 0.25) is 0 Å². The van der Waals surface area contributed by atoms with Crippen LogP contribution in [0.15, 0.2) is 0 Å². The van der Waals surface area contributed by atoms with E-state index in [2.05, 4.69) is 17.3 Å². The lowest BCUT2D eigenvalue weighted by Gasteiger charge is -2.38. The molecule has 6 nitrogen and oxygen atoms in total. The lowest BCUT2D eigenvalue weighted by atomic mass is 9.88. The average Bonchev–Trinajstić information content (AvgIpc) is 2.81. The van der Waals surface area contributed by atoms with Crippen molar-refractivity contribution in [1.82, 2.24) is 15.1 Å². The van der Waals surface area contributed by atoms with Gasteiger partial charge in [0.05, 0.1) is 31.1 Å². The van der Waals surface area contributed by atoms with Gasteiger partial charge in [-0.1, -0.05) is 6.92 Å². The van der Waals surface area contributed by atoms with Gasteiger partial charge < -0.3 is 14.8 Å². The van der Waals surface area contributed by atoms with E-state index in [4.69, 9.17) is 9.47 Å². The summed E-state index contributed by atoms with van der Waals surface area (Å²) < 4.78 is 12.9. The predicted molar refractivity (Wildman–Crippen MR) is 81.8 cm³/mol. The fourth-order valence-corrected chi connectivity index (χ4v) is 3.21. The van der Waals surface area contributed by atoms with Gasteiger partial charge in [0.1, 0.15) is 5.69 Å². The zero-order chi connectivity index (χ0) is 15.9. The second kappa shape index (κ2) is 5.66. The maximum atomic E-state index is 12.7. The van der Waals surface area contributed by atoms with E-state index in [-0.39, 0.29) is 23.5 Å². The molecule has 0 radical (unpaired) electrons. The van der Waals surface area contributed by atoms with Crippen LogP contribution in [0.1, 0.15) is 55.5 Å². The van der Waals surface area contributed by atoms with Crippen molar-refractivity contribution in [2.24, 2.45) is 5.41 Å². The van der Waals surface area contributed by atoms with Crippen molar-refractivity contribution in [3.63, 3.8) is 0 Å². The number of nitrogens with zero attached hydrogens (tertiary/aromatic N) is 2. The highest BCUT2D eigenvalue weighted by Gasteiger charge is 2.35. The van der Waals surface area contributed by atoms with Gasteiger partial charge in [-0.05, 0) is 20.8 Å². The molecule has 1 N–H and O–H groups in total. The molecule has 1 saturated heterocycles. The van der Waals surface area contributed by atoms with E-state index in [0.717, 1.165) is 17.7 Å². The van der Waals surface area contributed by atoms with Gasteiger partial charge in [-0.15, -0.1) is 0 Å². The second-order valence-electron chi connectivity index (χ2n) is 6.81. The van der Waals surface area contributed by atoms with Crippen LogP contribution >= 0.6 is 0 Å². The largest absolute Gasteiger partial charge is 0.380 e. The second-order valence-corrected chi connectivity index (χ2v) is 6.81. The number of amides is 1. The van der Waals surface area contributed by atoms with Crippen LogP contribution in [0.2, 0.25) is 0 Å². The van der Waals surface area contributed by atoms with Crippen molar-refractivity contribution in [1.29, 1.82) is 0 Å². The number of carbonyl (C=O) groups excluding carboxylic acids is 1. The van der Waals surface area contributed by atoms with E-state index < -0.39 is 0 Å². The normalized spacial score (nSPS) is 26.2. The number of nitrogens with one attached hydrogen (secondary N) is 1. The molecule has 0 spiro atoms. The summed E-state index contributed by atoms with van der Waals surface area (Å²) in [6.07, 6.45) is 0.791. The molecule has 1 fully saturated rings. The van der Waals surface area contributed by atoms with E-state index in [1.165, 1.54) is 0 Å². The van der Waals surface area contributed by atoms with Crippen molar-refractivity contribution in [3.05, 3.63) is 17.0 Å². The van der Waals surface area contributed by atoms with E-state index in [9.17, 15) is 4.79 Å². The molecule has 1 aromatic heterocycles. The molecule has 1 amide bonds. The fraction of sp³-hybridized carbons (Fsp3) is 0.750. The van der Waals surface area contributed by atoms with Crippen LogP contribution < -0.4 is 5.32 Å². The summed E-state index contributed by atoms with van der Waals surface area (Å²) in [7, 11) is 0. The number of fused-ring (bicyclic) bond motifs is 1. The SMILES string of the molecule is CCn1nc2c(c1C(=O)NCC1(C)COC1)C[C@H](C)O[C@@H]2C. The lowest BCUT2D eigenvalue weighted by molar-refractivity contribution is -0.0978. The van der Waals surface area contributed by atoms with Crippen molar-refractivity contribution in [2.45, 2.75) is 52.9 Å². The van der Waals surface area contributed by atoms with Crippen LogP contribution in [-0.4, -0.2) is 41.6 Å². The van der Waals surface area contributed by atoms with Crippen molar-refractivity contribution in [3.8, 4) is 0 Å². The first-order valence-electron chi connectivity index (χ1n) is 8.04. The Balaban J connectivity index is 1.84. The molecule has 6 heteroatoms. The van der Waals surface area contributed by atoms with E-state index >= 15 is 0 Å². The molecular formula is C16H25N3O3. The van der Waals surface area contributed by atoms with Gasteiger partial charge in [0, 0.05) is 30.5 Å². The lowest BCUT2D eigenvalue weighted by Crippen LogP contribution is -2.49. The Morgan fingerprint density at radius 3 is 2.77 bits per heavy atom. The van der Waals surface area contributed by atoms with Crippen molar-refractivity contribution >= 4 is 5.91 Å². The Hall–Kier alpha value is -1.40. The summed E-state index contributed by atoms with van der Waals surface area (Å²) in [5, 5.41) is 7.65. The molecule has 2 aliphatic rings. The first-order chi connectivity index (χ1) is 10.4. The molecule has 0 bridgehead atoms. The molecule has 0 unspecified atom stereocenters. The highest BCUT2D eigenvalue weighted by atomic mass is 16.5. The average molecular weight is 307 g/mol. The summed E-state index contributed by atoms with van der Waals surface area (Å²) in [6.45, 7) is 10.9. The molecule has 0 aromatic carbocycles. The number of hydrogen-bond donors (Lipinski definition) is 1. The molecule has 22 heavy (non-hydrogen) atoms. The molecule has 3 heterocycles. The third-order valence-electron chi connectivity index (χ3n) is 4.49. The zero-order valence-corrected chi connectivity index (χ0v) is 13.8. The van der Waals surface area contributed by atoms with Crippen LogP contribution in [-0.2, 0) is 22.4 Å². The third kappa shape index (κ3) is 2.65. The van der Waals surface area contributed by atoms with Gasteiger partial charge in [0.15, 0.2) is 0 Å². The summed E-state index contributed by atoms with van der Waals surface area (Å²) in [5.74, 6) is -0.0370. The maximum Gasteiger partial charge on any atom is 0.269 e. The molecule has 2 atom stereocenters. The number of rotatable bonds is 4.